The van der Waals surface area contributed by atoms with Crippen molar-refractivity contribution < 1.29 is 62.7 Å². The highest BCUT2D eigenvalue weighted by atomic mass is 79.9. The number of hydrogen-bond donors (Lipinski definition) is 1. The number of hydroxylamine groups is 1. The van der Waals surface area contributed by atoms with Gasteiger partial charge in [-0.25, -0.2) is 8.78 Å². The van der Waals surface area contributed by atoms with Gasteiger partial charge in [-0.05, 0) is 51.8 Å². The number of amides is 2. The Hall–Kier alpha value is -3.73. The van der Waals surface area contributed by atoms with Gasteiger partial charge in [0.15, 0.2) is 5.82 Å². The van der Waals surface area contributed by atoms with E-state index >= 15 is 4.39 Å². The minimum absolute atomic E-state index is 0.124. The lowest BCUT2D eigenvalue weighted by molar-refractivity contribution is -0.348. The fourth-order valence-corrected chi connectivity index (χ4v) is 4.57. The molecule has 1 N–H and O–H groups in total. The van der Waals surface area contributed by atoms with Gasteiger partial charge in [0.05, 0.1) is 16.8 Å². The molecule has 0 saturated carbocycles. The average molecular weight is 677 g/mol. The Morgan fingerprint density at radius 3 is 2.10 bits per heavy atom. The van der Waals surface area contributed by atoms with Crippen LogP contribution in [0.5, 0.6) is 0 Å². The fraction of sp³-hybridized carbons (Fsp3) is 0.200. The van der Waals surface area contributed by atoms with Gasteiger partial charge in [0, 0.05) is 15.6 Å². The molecular weight excluding hydrogens is 665 g/mol. The van der Waals surface area contributed by atoms with Crippen LogP contribution in [0.15, 0.2) is 59.1 Å². The molecule has 42 heavy (non-hydrogen) atoms. The fourth-order valence-electron chi connectivity index (χ4n) is 4.01. The molecule has 0 aliphatic carbocycles. The average Bonchev–Trinajstić information content (AvgIpc) is 2.88. The van der Waals surface area contributed by atoms with Crippen LogP contribution in [0.1, 0.15) is 37.4 Å². The maximum atomic E-state index is 15.4. The zero-order valence-electron chi connectivity index (χ0n) is 20.1. The summed E-state index contributed by atoms with van der Waals surface area (Å²) in [6.45, 7) is -0.196. The third kappa shape index (κ3) is 5.30. The summed E-state index contributed by atoms with van der Waals surface area (Å²) in [4.78, 5) is 30.9. The Bertz CT molecular complexity index is 1550. The van der Waals surface area contributed by atoms with Crippen molar-refractivity contribution in [2.75, 3.05) is 10.4 Å². The first-order chi connectivity index (χ1) is 19.3. The van der Waals surface area contributed by atoms with E-state index in [-0.39, 0.29) is 18.2 Å². The quantitative estimate of drug-likeness (QED) is 0.283. The van der Waals surface area contributed by atoms with Gasteiger partial charge < -0.3 is 5.32 Å². The van der Waals surface area contributed by atoms with E-state index in [0.29, 0.717) is 10.6 Å². The maximum Gasteiger partial charge on any atom is 0.435 e. The SMILES string of the molecule is O=C(Nc1c(Br)cc(C(F)(C(F)(F)F)C(F)(F)F)cc1C(F)(F)F)c1cccc(N2OCc3ccccc3C2=O)c1F. The van der Waals surface area contributed by atoms with Crippen LogP contribution in [0, 0.1) is 5.82 Å². The number of nitrogens with one attached hydrogen (secondary N) is 1. The number of nitrogens with zero attached hydrogens (tertiary/aromatic N) is 1. The van der Waals surface area contributed by atoms with E-state index in [1.165, 1.54) is 12.1 Å². The van der Waals surface area contributed by atoms with Gasteiger partial charge >= 0.3 is 24.2 Å². The molecule has 1 aliphatic heterocycles. The van der Waals surface area contributed by atoms with Gasteiger partial charge in [-0.3, -0.25) is 14.4 Å². The predicted octanol–water partition coefficient (Wildman–Crippen LogP) is 8.24. The zero-order valence-corrected chi connectivity index (χ0v) is 21.7. The number of carbonyl (C=O) groups is 2. The molecule has 3 aromatic carbocycles. The van der Waals surface area contributed by atoms with Crippen molar-refractivity contribution in [1.82, 2.24) is 0 Å². The molecular formula is C25H12BrF11N2O3. The standard InChI is InChI=1S/C25H12BrF11N2O3/c26-16-9-12(22(28,24(32,33)34)25(35,36)37)8-15(23(29,30)31)19(16)38-20(40)14-6-3-7-17(18(14)27)39-21(41)13-5-2-1-4-11(13)10-42-39/h1-9H,10H2,(H,38,40). The van der Waals surface area contributed by atoms with Crippen molar-refractivity contribution in [3.05, 3.63) is 92.7 Å². The lowest BCUT2D eigenvalue weighted by Crippen LogP contribution is -2.50. The van der Waals surface area contributed by atoms with Crippen molar-refractivity contribution in [2.24, 2.45) is 0 Å². The Labute approximate surface area is 235 Å². The van der Waals surface area contributed by atoms with Crippen molar-refractivity contribution in [1.29, 1.82) is 0 Å². The van der Waals surface area contributed by atoms with Gasteiger partial charge in [-0.1, -0.05) is 24.3 Å². The second-order valence-electron chi connectivity index (χ2n) is 8.66. The third-order valence-corrected chi connectivity index (χ3v) is 6.66. The van der Waals surface area contributed by atoms with Crippen molar-refractivity contribution >= 4 is 39.1 Å². The van der Waals surface area contributed by atoms with E-state index in [9.17, 15) is 53.5 Å². The molecule has 0 aromatic heterocycles. The van der Waals surface area contributed by atoms with E-state index < -0.39 is 80.4 Å². The molecule has 0 fully saturated rings. The Kier molecular flexibility index (Phi) is 7.82. The lowest BCUT2D eigenvalue weighted by Gasteiger charge is -2.31. The van der Waals surface area contributed by atoms with Crippen LogP contribution in [-0.2, 0) is 23.3 Å². The number of rotatable bonds is 4. The topological polar surface area (TPSA) is 58.6 Å². The molecule has 0 bridgehead atoms. The number of fused-ring (bicyclic) bond motifs is 1. The van der Waals surface area contributed by atoms with E-state index in [1.807, 2.05) is 0 Å². The van der Waals surface area contributed by atoms with Crippen LogP contribution >= 0.6 is 15.9 Å². The Balaban J connectivity index is 1.76. The molecule has 0 radical (unpaired) electrons. The summed E-state index contributed by atoms with van der Waals surface area (Å²) in [7, 11) is 0. The van der Waals surface area contributed by atoms with E-state index in [1.54, 1.807) is 17.4 Å². The van der Waals surface area contributed by atoms with Crippen LogP contribution in [0.2, 0.25) is 0 Å². The monoisotopic (exact) mass is 676 g/mol. The Morgan fingerprint density at radius 2 is 1.50 bits per heavy atom. The largest absolute Gasteiger partial charge is 0.435 e. The molecule has 1 heterocycles. The molecule has 1 aliphatic rings. The summed E-state index contributed by atoms with van der Waals surface area (Å²) in [5, 5.41) is 2.08. The molecule has 17 heteroatoms. The number of halogens is 12. The van der Waals surface area contributed by atoms with Crippen molar-refractivity contribution in [3.8, 4) is 0 Å². The lowest BCUT2D eigenvalue weighted by atomic mass is 9.92. The smallest absolute Gasteiger partial charge is 0.320 e. The second-order valence-corrected chi connectivity index (χ2v) is 9.51. The van der Waals surface area contributed by atoms with E-state index in [4.69, 9.17) is 4.84 Å². The molecule has 2 amide bonds. The maximum absolute atomic E-state index is 15.4. The van der Waals surface area contributed by atoms with Gasteiger partial charge in [0.1, 0.15) is 12.3 Å². The molecule has 0 spiro atoms. The number of alkyl halides is 10. The zero-order chi connectivity index (χ0) is 31.4. The summed E-state index contributed by atoms with van der Waals surface area (Å²) < 4.78 is 149. The van der Waals surface area contributed by atoms with Crippen molar-refractivity contribution in [3.63, 3.8) is 0 Å². The van der Waals surface area contributed by atoms with Crippen LogP contribution in [0.4, 0.5) is 59.7 Å². The predicted molar refractivity (Wildman–Crippen MR) is 126 cm³/mol. The van der Waals surface area contributed by atoms with Crippen LogP contribution < -0.4 is 10.4 Å². The molecule has 0 atom stereocenters. The highest BCUT2D eigenvalue weighted by Gasteiger charge is 2.73. The van der Waals surface area contributed by atoms with Crippen molar-refractivity contribution in [2.45, 2.75) is 30.8 Å². The third-order valence-electron chi connectivity index (χ3n) is 6.04. The highest BCUT2D eigenvalue weighted by Crippen LogP contribution is 2.55. The first kappa shape index (κ1) is 31.2. The summed E-state index contributed by atoms with van der Waals surface area (Å²) >= 11 is 2.35. The number of hydrogen-bond acceptors (Lipinski definition) is 3. The normalized spacial score (nSPS) is 14.6. The molecule has 0 saturated heterocycles. The summed E-state index contributed by atoms with van der Waals surface area (Å²) in [5.41, 5.74) is -13.5. The van der Waals surface area contributed by atoms with Crippen LogP contribution in [0.3, 0.4) is 0 Å². The van der Waals surface area contributed by atoms with Gasteiger partial charge in [0.2, 0.25) is 0 Å². The molecule has 224 valence electrons. The van der Waals surface area contributed by atoms with Crippen LogP contribution in [0.25, 0.3) is 0 Å². The van der Waals surface area contributed by atoms with E-state index in [0.717, 1.165) is 18.2 Å². The molecule has 3 aromatic rings. The second kappa shape index (κ2) is 10.5. The summed E-state index contributed by atoms with van der Waals surface area (Å²) in [6, 6.07) is 7.88. The van der Waals surface area contributed by atoms with Gasteiger partial charge in [-0.15, -0.1) is 0 Å². The van der Waals surface area contributed by atoms with Gasteiger partial charge in [0.25, 0.3) is 11.8 Å². The highest BCUT2D eigenvalue weighted by molar-refractivity contribution is 9.10. The Morgan fingerprint density at radius 1 is 0.881 bits per heavy atom. The van der Waals surface area contributed by atoms with E-state index in [2.05, 4.69) is 15.9 Å². The summed E-state index contributed by atoms with van der Waals surface area (Å²) in [5.74, 6) is -3.98. The molecule has 5 nitrogen and oxygen atoms in total. The first-order valence-electron chi connectivity index (χ1n) is 11.2. The summed E-state index contributed by atoms with van der Waals surface area (Å²) in [6.07, 6.45) is -19.2. The van der Waals surface area contributed by atoms with Crippen LogP contribution in [-0.4, -0.2) is 24.2 Å². The molecule has 0 unspecified atom stereocenters. The minimum Gasteiger partial charge on any atom is -0.320 e. The minimum atomic E-state index is -6.73. The number of carbonyl (C=O) groups excluding carboxylic acids is 2. The first-order valence-corrected chi connectivity index (χ1v) is 12.0. The number of benzene rings is 3. The number of anilines is 2. The van der Waals surface area contributed by atoms with Gasteiger partial charge in [-0.2, -0.15) is 44.6 Å². The molecule has 4 rings (SSSR count).